The first-order valence-corrected chi connectivity index (χ1v) is 7.27. The molecule has 0 saturated heterocycles. The first-order valence-electron chi connectivity index (χ1n) is 6.36. The second kappa shape index (κ2) is 5.22. The Hall–Kier alpha value is -0.540. The number of rotatable bonds is 3. The predicted molar refractivity (Wildman–Crippen MR) is 77.7 cm³/mol. The molecule has 18 heavy (non-hydrogen) atoms. The highest BCUT2D eigenvalue weighted by Crippen LogP contribution is 2.34. The molecule has 0 N–H and O–H groups in total. The number of hydrogen-bond donors (Lipinski definition) is 0. The van der Waals surface area contributed by atoms with Crippen LogP contribution in [0.15, 0.2) is 24.3 Å². The Bertz CT molecular complexity index is 394. The third-order valence-corrected chi connectivity index (χ3v) is 4.36. The maximum Gasteiger partial charge on any atom is 0.127 e. The third kappa shape index (κ3) is 2.89. The van der Waals surface area contributed by atoms with Gasteiger partial charge in [0.25, 0.3) is 0 Å². The van der Waals surface area contributed by atoms with Gasteiger partial charge in [-0.2, -0.15) is 0 Å². The fourth-order valence-corrected chi connectivity index (χ4v) is 3.07. The van der Waals surface area contributed by atoms with Crippen LogP contribution in [-0.4, -0.2) is 24.1 Å². The smallest absolute Gasteiger partial charge is 0.127 e. The van der Waals surface area contributed by atoms with Gasteiger partial charge in [0.1, 0.15) is 18.0 Å². The van der Waals surface area contributed by atoms with Gasteiger partial charge in [0.2, 0.25) is 0 Å². The Morgan fingerprint density at radius 2 is 1.78 bits per heavy atom. The van der Waals surface area contributed by atoms with Crippen LogP contribution in [0, 0.1) is 0 Å². The molecule has 0 bridgehead atoms. The van der Waals surface area contributed by atoms with Gasteiger partial charge in [-0.25, -0.2) is 0 Å². The summed E-state index contributed by atoms with van der Waals surface area (Å²) in [5.74, 6) is 0.925. The summed E-state index contributed by atoms with van der Waals surface area (Å²) in [6, 6.07) is 8.38. The molecule has 0 amide bonds. The molecule has 2 nitrogen and oxygen atoms in total. The van der Waals surface area contributed by atoms with E-state index in [4.69, 9.17) is 9.47 Å². The minimum absolute atomic E-state index is 0.160. The summed E-state index contributed by atoms with van der Waals surface area (Å²) in [5, 5.41) is 0. The number of halogens is 1. The van der Waals surface area contributed by atoms with Crippen molar-refractivity contribution in [3.63, 3.8) is 0 Å². The number of alkyl halides is 1. The van der Waals surface area contributed by atoms with E-state index in [1.807, 2.05) is 0 Å². The quantitative estimate of drug-likeness (QED) is 0.788. The fraction of sp³-hybridized carbons (Fsp3) is 0.600. The van der Waals surface area contributed by atoms with Crippen molar-refractivity contribution in [1.29, 1.82) is 0 Å². The highest BCUT2D eigenvalue weighted by Gasteiger charge is 2.41. The van der Waals surface area contributed by atoms with Crippen LogP contribution in [0.5, 0.6) is 5.75 Å². The van der Waals surface area contributed by atoms with Crippen LogP contribution < -0.4 is 4.74 Å². The summed E-state index contributed by atoms with van der Waals surface area (Å²) in [6.07, 6.45) is 1.33. The van der Waals surface area contributed by atoms with Gasteiger partial charge in [-0.15, -0.1) is 0 Å². The molecule has 0 heterocycles. The van der Waals surface area contributed by atoms with Crippen molar-refractivity contribution in [3.05, 3.63) is 29.8 Å². The van der Waals surface area contributed by atoms with E-state index >= 15 is 0 Å². The van der Waals surface area contributed by atoms with E-state index in [2.05, 4.69) is 61.0 Å². The number of methoxy groups -OCH3 is 1. The first-order chi connectivity index (χ1) is 8.41. The van der Waals surface area contributed by atoms with Gasteiger partial charge in [-0.3, -0.25) is 0 Å². The number of benzene rings is 1. The second-order valence-corrected chi connectivity index (χ2v) is 7.06. The van der Waals surface area contributed by atoms with Crippen molar-refractivity contribution < 1.29 is 9.47 Å². The molecular formula is C15H21BrO2. The van der Waals surface area contributed by atoms with Crippen molar-refractivity contribution >= 4 is 15.9 Å². The molecule has 1 aliphatic rings. The molecule has 0 radical (unpaired) electrons. The van der Waals surface area contributed by atoms with Crippen molar-refractivity contribution in [2.24, 2.45) is 0 Å². The van der Waals surface area contributed by atoms with Gasteiger partial charge < -0.3 is 9.47 Å². The van der Waals surface area contributed by atoms with Crippen LogP contribution in [-0.2, 0) is 10.2 Å². The minimum Gasteiger partial charge on any atom is -0.488 e. The summed E-state index contributed by atoms with van der Waals surface area (Å²) in [6.45, 7) is 6.64. The highest BCUT2D eigenvalue weighted by atomic mass is 79.9. The summed E-state index contributed by atoms with van der Waals surface area (Å²) < 4.78 is 11.3. The average Bonchev–Trinajstić information content (AvgIpc) is 2.28. The van der Waals surface area contributed by atoms with Crippen molar-refractivity contribution in [2.75, 3.05) is 7.11 Å². The Morgan fingerprint density at radius 3 is 2.22 bits per heavy atom. The molecule has 3 atom stereocenters. The number of hydrogen-bond acceptors (Lipinski definition) is 2. The van der Waals surface area contributed by atoms with Crippen LogP contribution in [0.2, 0.25) is 0 Å². The zero-order valence-electron chi connectivity index (χ0n) is 11.4. The first kappa shape index (κ1) is 13.9. The van der Waals surface area contributed by atoms with Crippen molar-refractivity contribution in [2.45, 2.75) is 49.6 Å². The zero-order chi connectivity index (χ0) is 13.3. The molecule has 1 aliphatic carbocycles. The lowest BCUT2D eigenvalue weighted by Crippen LogP contribution is -2.51. The lowest BCUT2D eigenvalue weighted by atomic mass is 9.87. The van der Waals surface area contributed by atoms with E-state index in [9.17, 15) is 0 Å². The lowest BCUT2D eigenvalue weighted by molar-refractivity contribution is -0.0545. The van der Waals surface area contributed by atoms with E-state index in [0.717, 1.165) is 12.2 Å². The molecule has 1 saturated carbocycles. The minimum atomic E-state index is 0.160. The average molecular weight is 313 g/mol. The molecule has 1 aromatic carbocycles. The Morgan fingerprint density at radius 1 is 1.17 bits per heavy atom. The lowest BCUT2D eigenvalue weighted by Gasteiger charge is -2.40. The second-order valence-electron chi connectivity index (χ2n) is 5.88. The largest absolute Gasteiger partial charge is 0.488 e. The molecule has 3 heteroatoms. The predicted octanol–water partition coefficient (Wildman–Crippen LogP) is 3.91. The maximum atomic E-state index is 5.94. The van der Waals surface area contributed by atoms with Crippen LogP contribution in [0.4, 0.5) is 0 Å². The van der Waals surface area contributed by atoms with Crippen molar-refractivity contribution in [1.82, 2.24) is 0 Å². The molecule has 1 aromatic rings. The van der Waals surface area contributed by atoms with Crippen LogP contribution in [0.1, 0.15) is 32.8 Å². The third-order valence-electron chi connectivity index (χ3n) is 3.46. The molecular weight excluding hydrogens is 292 g/mol. The van der Waals surface area contributed by atoms with Crippen LogP contribution in [0.3, 0.4) is 0 Å². The maximum absolute atomic E-state index is 5.94. The normalized spacial score (nSPS) is 27.7. The highest BCUT2D eigenvalue weighted by molar-refractivity contribution is 9.09. The van der Waals surface area contributed by atoms with E-state index in [-0.39, 0.29) is 17.6 Å². The van der Waals surface area contributed by atoms with Gasteiger partial charge in [-0.1, -0.05) is 48.8 Å². The fourth-order valence-electron chi connectivity index (χ4n) is 2.15. The monoisotopic (exact) mass is 312 g/mol. The molecule has 100 valence electrons. The number of ether oxygens (including phenoxy) is 2. The molecule has 1 fully saturated rings. The van der Waals surface area contributed by atoms with E-state index < -0.39 is 0 Å². The Balaban J connectivity index is 1.99. The molecule has 0 aliphatic heterocycles. The van der Waals surface area contributed by atoms with Crippen molar-refractivity contribution in [3.8, 4) is 5.75 Å². The van der Waals surface area contributed by atoms with Gasteiger partial charge in [-0.05, 0) is 23.1 Å². The van der Waals surface area contributed by atoms with Gasteiger partial charge in [0, 0.05) is 18.4 Å². The summed E-state index contributed by atoms with van der Waals surface area (Å²) in [7, 11) is 1.73. The van der Waals surface area contributed by atoms with Gasteiger partial charge >= 0.3 is 0 Å². The Kier molecular flexibility index (Phi) is 4.02. The molecule has 2 rings (SSSR count). The van der Waals surface area contributed by atoms with E-state index in [1.54, 1.807) is 7.11 Å². The van der Waals surface area contributed by atoms with E-state index in [0.29, 0.717) is 4.83 Å². The topological polar surface area (TPSA) is 18.5 Å². The summed E-state index contributed by atoms with van der Waals surface area (Å²) in [5.41, 5.74) is 1.51. The molecule has 0 aromatic heterocycles. The molecule has 3 unspecified atom stereocenters. The molecule has 0 spiro atoms. The summed E-state index contributed by atoms with van der Waals surface area (Å²) >= 11 is 3.57. The van der Waals surface area contributed by atoms with Crippen LogP contribution >= 0.6 is 15.9 Å². The van der Waals surface area contributed by atoms with Gasteiger partial charge in [0.15, 0.2) is 0 Å². The van der Waals surface area contributed by atoms with Crippen LogP contribution in [0.25, 0.3) is 0 Å². The SMILES string of the molecule is COC1C(Br)CC1Oc1ccc(C(C)(C)C)cc1. The standard InChI is InChI=1S/C15H21BrO2/c1-15(2,3)10-5-7-11(8-6-10)18-13-9-12(16)14(13)17-4/h5-8,12-14H,9H2,1-4H3. The Labute approximate surface area is 118 Å². The van der Waals surface area contributed by atoms with E-state index in [1.165, 1.54) is 5.56 Å². The zero-order valence-corrected chi connectivity index (χ0v) is 13.0. The summed E-state index contributed by atoms with van der Waals surface area (Å²) in [4.78, 5) is 0.418. The van der Waals surface area contributed by atoms with Gasteiger partial charge in [0.05, 0.1) is 0 Å².